The van der Waals surface area contributed by atoms with Crippen molar-refractivity contribution in [2.24, 2.45) is 0 Å². The lowest BCUT2D eigenvalue weighted by atomic mass is 10.1. The Balaban J connectivity index is 1.80. The van der Waals surface area contributed by atoms with Crippen molar-refractivity contribution in [1.82, 2.24) is 14.7 Å². The van der Waals surface area contributed by atoms with Crippen LogP contribution >= 0.6 is 0 Å². The molecule has 2 aromatic heterocycles. The van der Waals surface area contributed by atoms with E-state index in [9.17, 15) is 17.6 Å². The average Bonchev–Trinajstić information content (AvgIpc) is 2.86. The van der Waals surface area contributed by atoms with Crippen LogP contribution in [0.4, 0.5) is 4.39 Å². The van der Waals surface area contributed by atoms with Crippen LogP contribution in [0.5, 0.6) is 17.4 Å². The minimum atomic E-state index is -4.26. The fourth-order valence-corrected chi connectivity index (χ4v) is 4.75. The number of halogens is 1. The maximum Gasteiger partial charge on any atom is 0.281 e. The second kappa shape index (κ2) is 10.4. The lowest BCUT2D eigenvalue weighted by Crippen LogP contribution is -2.31. The summed E-state index contributed by atoms with van der Waals surface area (Å²) in [6, 6.07) is 15.2. The monoisotopic (exact) mass is 521 g/mol. The quantitative estimate of drug-likeness (QED) is 0.359. The van der Waals surface area contributed by atoms with Crippen molar-refractivity contribution in [2.45, 2.75) is 25.8 Å². The van der Waals surface area contributed by atoms with E-state index in [1.165, 1.54) is 49.7 Å². The molecule has 4 aromatic rings. The highest BCUT2D eigenvalue weighted by molar-refractivity contribution is 7.90. The highest BCUT2D eigenvalue weighted by Gasteiger charge is 2.25. The standard InChI is InChI=1S/C27H24FN3O5S/c1-16-13-17(2)25(18(3)14-16)36-27-21(26(32)31-37(33,34)24-7-5-6-12-29-24)10-11-23(30-27)20-9-8-19(35-4)15-22(20)28/h5-15H,1-4H3,(H,31,32). The minimum absolute atomic E-state index is 0.149. The predicted molar refractivity (Wildman–Crippen MR) is 136 cm³/mol. The molecule has 0 aliphatic carbocycles. The van der Waals surface area contributed by atoms with Gasteiger partial charge in [-0.05, 0) is 68.3 Å². The maximum atomic E-state index is 14.8. The number of benzene rings is 2. The van der Waals surface area contributed by atoms with Crippen LogP contribution in [0.1, 0.15) is 27.0 Å². The van der Waals surface area contributed by atoms with Gasteiger partial charge in [-0.25, -0.2) is 19.1 Å². The number of aromatic nitrogens is 2. The van der Waals surface area contributed by atoms with Crippen molar-refractivity contribution in [3.8, 4) is 28.6 Å². The van der Waals surface area contributed by atoms with E-state index in [1.807, 2.05) is 37.6 Å². The molecule has 0 aliphatic heterocycles. The van der Waals surface area contributed by atoms with Gasteiger partial charge in [0.1, 0.15) is 22.9 Å². The number of ether oxygens (including phenoxy) is 2. The number of methoxy groups -OCH3 is 1. The molecule has 0 fully saturated rings. The molecule has 0 bridgehead atoms. The lowest BCUT2D eigenvalue weighted by Gasteiger charge is -2.16. The van der Waals surface area contributed by atoms with Crippen LogP contribution in [-0.4, -0.2) is 31.4 Å². The number of hydrogen-bond acceptors (Lipinski definition) is 7. The van der Waals surface area contributed by atoms with Crippen LogP contribution in [0.2, 0.25) is 0 Å². The molecule has 2 heterocycles. The third-order valence-corrected chi connectivity index (χ3v) is 6.75. The third-order valence-electron chi connectivity index (χ3n) is 5.50. The normalized spacial score (nSPS) is 11.2. The van der Waals surface area contributed by atoms with Gasteiger partial charge < -0.3 is 9.47 Å². The van der Waals surface area contributed by atoms with Gasteiger partial charge in [0, 0.05) is 17.8 Å². The van der Waals surface area contributed by atoms with E-state index in [-0.39, 0.29) is 27.7 Å². The number of hydrogen-bond donors (Lipinski definition) is 1. The first-order valence-corrected chi connectivity index (χ1v) is 12.7. The van der Waals surface area contributed by atoms with Crippen molar-refractivity contribution in [1.29, 1.82) is 0 Å². The highest BCUT2D eigenvalue weighted by atomic mass is 32.2. The molecular weight excluding hydrogens is 497 g/mol. The Bertz CT molecular complexity index is 1570. The van der Waals surface area contributed by atoms with Crippen molar-refractivity contribution in [2.75, 3.05) is 7.11 Å². The summed E-state index contributed by atoms with van der Waals surface area (Å²) in [4.78, 5) is 21.3. The van der Waals surface area contributed by atoms with E-state index < -0.39 is 21.7 Å². The van der Waals surface area contributed by atoms with Crippen LogP contribution in [0.15, 0.2) is 71.9 Å². The Labute approximate surface area is 214 Å². The number of aryl methyl sites for hydroxylation is 3. The van der Waals surface area contributed by atoms with Gasteiger partial charge in [-0.15, -0.1) is 0 Å². The second-order valence-corrected chi connectivity index (χ2v) is 9.96. The smallest absolute Gasteiger partial charge is 0.281 e. The van der Waals surface area contributed by atoms with E-state index in [4.69, 9.17) is 9.47 Å². The number of rotatable bonds is 7. The zero-order valence-corrected chi connectivity index (χ0v) is 21.4. The van der Waals surface area contributed by atoms with Gasteiger partial charge in [0.25, 0.3) is 15.9 Å². The van der Waals surface area contributed by atoms with Crippen LogP contribution in [-0.2, 0) is 10.0 Å². The molecule has 2 aromatic carbocycles. The number of carbonyl (C=O) groups excluding carboxylic acids is 1. The average molecular weight is 522 g/mol. The second-order valence-electron chi connectivity index (χ2n) is 8.33. The summed E-state index contributed by atoms with van der Waals surface area (Å²) in [6.07, 6.45) is 1.30. The Kier molecular flexibility index (Phi) is 7.21. The topological polar surface area (TPSA) is 107 Å². The SMILES string of the molecule is COc1ccc(-c2ccc(C(=O)NS(=O)(=O)c3ccccn3)c(Oc3c(C)cc(C)cc3C)n2)c(F)c1. The van der Waals surface area contributed by atoms with E-state index in [2.05, 4.69) is 9.97 Å². The molecule has 10 heteroatoms. The molecule has 1 N–H and O–H groups in total. The van der Waals surface area contributed by atoms with E-state index in [1.54, 1.807) is 12.1 Å². The summed E-state index contributed by atoms with van der Waals surface area (Å²) in [7, 11) is -2.84. The maximum absolute atomic E-state index is 14.8. The summed E-state index contributed by atoms with van der Waals surface area (Å²) in [6.45, 7) is 5.62. The van der Waals surface area contributed by atoms with E-state index in [0.29, 0.717) is 11.5 Å². The molecule has 0 unspecified atom stereocenters. The number of nitrogens with zero attached hydrogens (tertiary/aromatic N) is 2. The van der Waals surface area contributed by atoms with Crippen LogP contribution in [0, 0.1) is 26.6 Å². The number of nitrogens with one attached hydrogen (secondary N) is 1. The molecule has 0 aliphatic rings. The summed E-state index contributed by atoms with van der Waals surface area (Å²) in [5.74, 6) is -0.962. The Morgan fingerprint density at radius 2 is 1.70 bits per heavy atom. The Hall–Kier alpha value is -4.31. The number of amides is 1. The molecule has 0 saturated carbocycles. The van der Waals surface area contributed by atoms with Gasteiger partial charge in [-0.2, -0.15) is 8.42 Å². The first kappa shape index (κ1) is 25.8. The third kappa shape index (κ3) is 5.59. The summed E-state index contributed by atoms with van der Waals surface area (Å²) in [5, 5.41) is -0.319. The zero-order valence-electron chi connectivity index (χ0n) is 20.6. The number of pyridine rings is 2. The van der Waals surface area contributed by atoms with Crippen LogP contribution in [0.25, 0.3) is 11.3 Å². The molecule has 4 rings (SSSR count). The first-order chi connectivity index (χ1) is 17.6. The highest BCUT2D eigenvalue weighted by Crippen LogP contribution is 2.33. The molecule has 0 spiro atoms. The first-order valence-electron chi connectivity index (χ1n) is 11.2. The minimum Gasteiger partial charge on any atom is -0.497 e. The fraction of sp³-hybridized carbons (Fsp3) is 0.148. The van der Waals surface area contributed by atoms with Crippen LogP contribution in [0.3, 0.4) is 0 Å². The molecule has 37 heavy (non-hydrogen) atoms. The summed E-state index contributed by atoms with van der Waals surface area (Å²) in [5.41, 5.74) is 2.76. The van der Waals surface area contributed by atoms with Crippen molar-refractivity contribution >= 4 is 15.9 Å². The molecule has 0 atom stereocenters. The lowest BCUT2D eigenvalue weighted by molar-refractivity contribution is 0.0978. The fourth-order valence-electron chi connectivity index (χ4n) is 3.83. The molecule has 0 saturated heterocycles. The van der Waals surface area contributed by atoms with Gasteiger partial charge in [-0.1, -0.05) is 23.8 Å². The van der Waals surface area contributed by atoms with Gasteiger partial charge in [-0.3, -0.25) is 4.79 Å². The number of sulfonamides is 1. The van der Waals surface area contributed by atoms with Gasteiger partial charge in [0.05, 0.1) is 12.8 Å². The molecule has 1 amide bonds. The zero-order chi connectivity index (χ0) is 26.7. The molecular formula is C27H24FN3O5S. The van der Waals surface area contributed by atoms with Gasteiger partial charge in [0.2, 0.25) is 5.88 Å². The molecule has 0 radical (unpaired) electrons. The largest absolute Gasteiger partial charge is 0.497 e. The van der Waals surface area contributed by atoms with Gasteiger partial charge >= 0.3 is 0 Å². The Morgan fingerprint density at radius 3 is 2.32 bits per heavy atom. The van der Waals surface area contributed by atoms with Crippen molar-refractivity contribution in [3.05, 3.63) is 94.9 Å². The van der Waals surface area contributed by atoms with E-state index >= 15 is 0 Å². The van der Waals surface area contributed by atoms with Crippen molar-refractivity contribution < 1.29 is 27.1 Å². The molecule has 8 nitrogen and oxygen atoms in total. The van der Waals surface area contributed by atoms with Crippen molar-refractivity contribution in [3.63, 3.8) is 0 Å². The van der Waals surface area contributed by atoms with Crippen LogP contribution < -0.4 is 14.2 Å². The molecule has 190 valence electrons. The Morgan fingerprint density at radius 1 is 0.973 bits per heavy atom. The summed E-state index contributed by atoms with van der Waals surface area (Å²) >= 11 is 0. The number of carbonyl (C=O) groups is 1. The summed E-state index contributed by atoms with van der Waals surface area (Å²) < 4.78 is 53.4. The van der Waals surface area contributed by atoms with E-state index in [0.717, 1.165) is 16.7 Å². The predicted octanol–water partition coefficient (Wildman–Crippen LogP) is 5.13. The van der Waals surface area contributed by atoms with Gasteiger partial charge in [0.15, 0.2) is 5.03 Å².